The maximum absolute atomic E-state index is 12.1. The normalized spacial score (nSPS) is 47.2. The van der Waals surface area contributed by atoms with Crippen molar-refractivity contribution in [3.8, 4) is 0 Å². The Hall–Kier alpha value is -1.39. The molecule has 0 saturated heterocycles. The van der Waals surface area contributed by atoms with Gasteiger partial charge in [-0.15, -0.1) is 0 Å². The Morgan fingerprint density at radius 2 is 1.82 bits per heavy atom. The number of hydrogen-bond donors (Lipinski definition) is 2. The highest BCUT2D eigenvalue weighted by atomic mass is 16.4. The predicted molar refractivity (Wildman–Crippen MR) is 55.2 cm³/mol. The molecule has 4 aliphatic rings. The molecular formula is C12H14O5. The first-order valence-electron chi connectivity index (χ1n) is 5.91. The number of carboxylic acids is 2. The highest BCUT2D eigenvalue weighted by Gasteiger charge is 2.68. The summed E-state index contributed by atoms with van der Waals surface area (Å²) in [6.45, 7) is 0. The maximum atomic E-state index is 12.1. The third-order valence-corrected chi connectivity index (χ3v) is 4.92. The molecule has 0 heterocycles. The van der Waals surface area contributed by atoms with Crippen molar-refractivity contribution in [1.82, 2.24) is 0 Å². The first-order valence-corrected chi connectivity index (χ1v) is 5.91. The van der Waals surface area contributed by atoms with Crippen molar-refractivity contribution in [1.29, 1.82) is 0 Å². The monoisotopic (exact) mass is 238 g/mol. The topological polar surface area (TPSA) is 91.7 Å². The summed E-state index contributed by atoms with van der Waals surface area (Å²) in [5.41, 5.74) is -2.36. The number of ketones is 1. The van der Waals surface area contributed by atoms with Gasteiger partial charge in [0.25, 0.3) is 0 Å². The number of carboxylic acid groups (broad SMARTS) is 2. The Kier molecular flexibility index (Phi) is 1.83. The Morgan fingerprint density at radius 1 is 1.12 bits per heavy atom. The summed E-state index contributed by atoms with van der Waals surface area (Å²) in [5.74, 6) is -2.53. The van der Waals surface area contributed by atoms with Gasteiger partial charge in [-0.25, -0.2) is 0 Å². The molecule has 0 spiro atoms. The molecule has 4 unspecified atom stereocenters. The van der Waals surface area contributed by atoms with Crippen LogP contribution in [0.2, 0.25) is 0 Å². The molecule has 5 nitrogen and oxygen atoms in total. The minimum Gasteiger partial charge on any atom is -0.481 e. The summed E-state index contributed by atoms with van der Waals surface area (Å²) in [5, 5.41) is 18.7. The number of rotatable bonds is 2. The lowest BCUT2D eigenvalue weighted by Crippen LogP contribution is -2.62. The third-order valence-electron chi connectivity index (χ3n) is 4.92. The van der Waals surface area contributed by atoms with E-state index in [1.165, 1.54) is 0 Å². The lowest BCUT2D eigenvalue weighted by Gasteiger charge is -2.57. The standard InChI is InChI=1S/C12H14O5/c13-8-7-1-6-2-11(4-7,9(14)15)5-12(8,3-6)10(16)17/h6-7H,1-5H2,(H,14,15)(H,16,17). The van der Waals surface area contributed by atoms with E-state index >= 15 is 0 Å². The number of carbonyl (C=O) groups excluding carboxylic acids is 1. The minimum absolute atomic E-state index is 0.00347. The summed E-state index contributed by atoms with van der Waals surface area (Å²) in [6, 6.07) is 0. The van der Waals surface area contributed by atoms with Crippen molar-refractivity contribution in [3.05, 3.63) is 0 Å². The Labute approximate surface area is 97.8 Å². The van der Waals surface area contributed by atoms with Crippen molar-refractivity contribution < 1.29 is 24.6 Å². The molecule has 0 radical (unpaired) electrons. The fraction of sp³-hybridized carbons (Fsp3) is 0.750. The Balaban J connectivity index is 2.11. The van der Waals surface area contributed by atoms with Gasteiger partial charge in [0.1, 0.15) is 5.41 Å². The Morgan fingerprint density at radius 3 is 2.41 bits per heavy atom. The van der Waals surface area contributed by atoms with E-state index in [0.29, 0.717) is 25.7 Å². The van der Waals surface area contributed by atoms with Crippen LogP contribution in [0.25, 0.3) is 0 Å². The van der Waals surface area contributed by atoms with E-state index in [2.05, 4.69) is 0 Å². The molecule has 4 aliphatic carbocycles. The van der Waals surface area contributed by atoms with E-state index in [1.54, 1.807) is 0 Å². The molecule has 0 aromatic heterocycles. The number of carbonyl (C=O) groups is 3. The summed E-state index contributed by atoms with van der Waals surface area (Å²) in [4.78, 5) is 35.0. The molecule has 17 heavy (non-hydrogen) atoms. The zero-order chi connectivity index (χ0) is 12.4. The van der Waals surface area contributed by atoms with Crippen molar-refractivity contribution in [2.45, 2.75) is 32.1 Å². The SMILES string of the molecule is O=C(O)C12CC3CC(C1)C(=O)C(C(=O)O)(C3)C2. The van der Waals surface area contributed by atoms with Crippen LogP contribution in [0, 0.1) is 22.7 Å². The van der Waals surface area contributed by atoms with Crippen LogP contribution in [0.5, 0.6) is 0 Å². The molecule has 92 valence electrons. The smallest absolute Gasteiger partial charge is 0.317 e. The lowest BCUT2D eigenvalue weighted by molar-refractivity contribution is -0.189. The van der Waals surface area contributed by atoms with Crippen LogP contribution in [0.15, 0.2) is 0 Å². The molecule has 4 bridgehead atoms. The summed E-state index contributed by atoms with van der Waals surface area (Å²) < 4.78 is 0. The third kappa shape index (κ3) is 1.12. The molecule has 4 atom stereocenters. The van der Waals surface area contributed by atoms with Crippen LogP contribution < -0.4 is 0 Å². The predicted octanol–water partition coefficient (Wildman–Crippen LogP) is 0.921. The quantitative estimate of drug-likeness (QED) is 0.698. The molecule has 4 saturated carbocycles. The molecule has 2 N–H and O–H groups in total. The van der Waals surface area contributed by atoms with E-state index in [0.717, 1.165) is 0 Å². The van der Waals surface area contributed by atoms with Crippen LogP contribution >= 0.6 is 0 Å². The van der Waals surface area contributed by atoms with E-state index in [4.69, 9.17) is 0 Å². The van der Waals surface area contributed by atoms with Crippen LogP contribution in [-0.4, -0.2) is 27.9 Å². The molecule has 4 rings (SSSR count). The highest BCUT2D eigenvalue weighted by Crippen LogP contribution is 2.63. The first kappa shape index (κ1) is 10.7. The second-order valence-electron chi connectivity index (χ2n) is 5.92. The van der Waals surface area contributed by atoms with Gasteiger partial charge in [-0.3, -0.25) is 14.4 Å². The van der Waals surface area contributed by atoms with E-state index in [9.17, 15) is 24.6 Å². The van der Waals surface area contributed by atoms with Crippen molar-refractivity contribution in [2.24, 2.45) is 22.7 Å². The second kappa shape index (κ2) is 2.89. The molecule has 0 aromatic rings. The highest BCUT2D eigenvalue weighted by molar-refractivity contribution is 6.06. The molecular weight excluding hydrogens is 224 g/mol. The summed E-state index contributed by atoms with van der Waals surface area (Å²) >= 11 is 0. The van der Waals surface area contributed by atoms with Gasteiger partial charge >= 0.3 is 11.9 Å². The average molecular weight is 238 g/mol. The fourth-order valence-electron chi connectivity index (χ4n) is 4.42. The van der Waals surface area contributed by atoms with E-state index in [1.807, 2.05) is 0 Å². The van der Waals surface area contributed by atoms with Gasteiger partial charge in [0, 0.05) is 5.92 Å². The zero-order valence-electron chi connectivity index (χ0n) is 9.31. The van der Waals surface area contributed by atoms with Crippen molar-refractivity contribution >= 4 is 17.7 Å². The van der Waals surface area contributed by atoms with Crippen LogP contribution in [-0.2, 0) is 14.4 Å². The number of hydrogen-bond acceptors (Lipinski definition) is 3. The van der Waals surface area contributed by atoms with Gasteiger partial charge in [-0.05, 0) is 38.0 Å². The van der Waals surface area contributed by atoms with E-state index < -0.39 is 22.8 Å². The van der Waals surface area contributed by atoms with Gasteiger partial charge in [-0.2, -0.15) is 0 Å². The number of Topliss-reactive ketones (excluding diaryl/α,β-unsaturated/α-hetero) is 1. The van der Waals surface area contributed by atoms with Gasteiger partial charge in [0.15, 0.2) is 5.78 Å². The van der Waals surface area contributed by atoms with Crippen LogP contribution in [0.3, 0.4) is 0 Å². The van der Waals surface area contributed by atoms with Crippen molar-refractivity contribution in [2.75, 3.05) is 0 Å². The zero-order valence-corrected chi connectivity index (χ0v) is 9.31. The molecule has 0 amide bonds. The Bertz CT molecular complexity index is 442. The maximum Gasteiger partial charge on any atom is 0.317 e. The van der Waals surface area contributed by atoms with Crippen LogP contribution in [0.4, 0.5) is 0 Å². The van der Waals surface area contributed by atoms with Gasteiger partial charge in [0.05, 0.1) is 5.41 Å². The van der Waals surface area contributed by atoms with Gasteiger partial charge in [0.2, 0.25) is 0 Å². The molecule has 0 aromatic carbocycles. The second-order valence-corrected chi connectivity index (χ2v) is 5.92. The lowest BCUT2D eigenvalue weighted by atomic mass is 9.43. The average Bonchev–Trinajstić information content (AvgIpc) is 2.24. The summed E-state index contributed by atoms with van der Waals surface area (Å²) in [6.07, 6.45) is 1.90. The molecule has 0 aliphatic heterocycles. The van der Waals surface area contributed by atoms with E-state index in [-0.39, 0.29) is 24.0 Å². The molecule has 5 heteroatoms. The van der Waals surface area contributed by atoms with Gasteiger partial charge in [-0.1, -0.05) is 0 Å². The minimum atomic E-state index is -1.40. The largest absolute Gasteiger partial charge is 0.481 e. The van der Waals surface area contributed by atoms with Crippen molar-refractivity contribution in [3.63, 3.8) is 0 Å². The summed E-state index contributed by atoms with van der Waals surface area (Å²) in [7, 11) is 0. The molecule has 4 fully saturated rings. The number of aliphatic carboxylic acids is 2. The fourth-order valence-corrected chi connectivity index (χ4v) is 4.42. The van der Waals surface area contributed by atoms with Crippen LogP contribution in [0.1, 0.15) is 32.1 Å². The first-order chi connectivity index (χ1) is 7.90. The van der Waals surface area contributed by atoms with Gasteiger partial charge < -0.3 is 10.2 Å².